The van der Waals surface area contributed by atoms with Crippen molar-refractivity contribution in [3.63, 3.8) is 0 Å². The number of hydrogen-bond acceptors (Lipinski definition) is 2. The lowest BCUT2D eigenvalue weighted by molar-refractivity contribution is 0.0686. The maximum absolute atomic E-state index is 10.9. The highest BCUT2D eigenvalue weighted by Gasteiger charge is 2.02. The van der Waals surface area contributed by atoms with Gasteiger partial charge in [0.25, 0.3) is 0 Å². The van der Waals surface area contributed by atoms with Crippen LogP contribution in [0.15, 0.2) is 72.8 Å². The van der Waals surface area contributed by atoms with Gasteiger partial charge in [0, 0.05) is 0 Å². The fraction of sp³-hybridized carbons (Fsp3) is 0. The predicted molar refractivity (Wildman–Crippen MR) is 111 cm³/mol. The summed E-state index contributed by atoms with van der Waals surface area (Å²) < 4.78 is 0. The van der Waals surface area contributed by atoms with Gasteiger partial charge in [-0.05, 0) is 46.5 Å². The van der Waals surface area contributed by atoms with Gasteiger partial charge in [-0.2, -0.15) is 0 Å². The third kappa shape index (κ3) is 4.83. The van der Waals surface area contributed by atoms with Crippen molar-refractivity contribution >= 4 is 36.2 Å². The molecule has 0 unspecified atom stereocenters. The molecule has 0 saturated heterocycles. The van der Waals surface area contributed by atoms with E-state index in [1.807, 2.05) is 48.6 Å². The molecule has 3 aromatic carbocycles. The molecule has 3 aromatic rings. The lowest BCUT2D eigenvalue weighted by Gasteiger charge is -2.02. The predicted octanol–water partition coefficient (Wildman–Crippen LogP) is 5.42. The lowest BCUT2D eigenvalue weighted by atomic mass is 10.0. The summed E-state index contributed by atoms with van der Waals surface area (Å²) in [5, 5.41) is 17.9. The SMILES string of the molecule is O=C(O)c1ccc(/C=C/c2ccccc2/C=C/c2ccc(C(=O)O)cc2)cc1. The van der Waals surface area contributed by atoms with Gasteiger partial charge >= 0.3 is 11.9 Å². The minimum Gasteiger partial charge on any atom is -0.478 e. The molecule has 0 aliphatic rings. The molecule has 3 rings (SSSR count). The topological polar surface area (TPSA) is 74.6 Å². The first kappa shape index (κ1) is 18.9. The molecule has 0 saturated carbocycles. The van der Waals surface area contributed by atoms with Gasteiger partial charge in [0.15, 0.2) is 0 Å². The maximum Gasteiger partial charge on any atom is 0.335 e. The fourth-order valence-corrected chi connectivity index (χ4v) is 2.66. The third-order valence-electron chi connectivity index (χ3n) is 4.22. The van der Waals surface area contributed by atoms with E-state index in [0.29, 0.717) is 0 Å². The van der Waals surface area contributed by atoms with Crippen LogP contribution in [-0.4, -0.2) is 22.2 Å². The van der Waals surface area contributed by atoms with Crippen LogP contribution in [-0.2, 0) is 0 Å². The fourth-order valence-electron chi connectivity index (χ4n) is 2.66. The van der Waals surface area contributed by atoms with Crippen LogP contribution < -0.4 is 0 Å². The average Bonchev–Trinajstić information content (AvgIpc) is 2.72. The van der Waals surface area contributed by atoms with Crippen molar-refractivity contribution in [2.75, 3.05) is 0 Å². The summed E-state index contributed by atoms with van der Waals surface area (Å²) in [6.45, 7) is 0. The summed E-state index contributed by atoms with van der Waals surface area (Å²) in [5.74, 6) is -1.88. The summed E-state index contributed by atoms with van der Waals surface area (Å²) in [6.07, 6.45) is 7.81. The standard InChI is InChI=1S/C24H18O4/c25-23(26)21-13-7-17(8-14-21)5-11-19-3-1-2-4-20(19)12-6-18-9-15-22(16-10-18)24(27)28/h1-16H,(H,25,26)(H,27,28)/b11-5+,12-6+. The van der Waals surface area contributed by atoms with Gasteiger partial charge in [0.2, 0.25) is 0 Å². The maximum atomic E-state index is 10.9. The summed E-state index contributed by atoms with van der Waals surface area (Å²) in [5.41, 5.74) is 4.37. The van der Waals surface area contributed by atoms with Crippen molar-refractivity contribution in [1.82, 2.24) is 0 Å². The zero-order valence-electron chi connectivity index (χ0n) is 14.9. The Balaban J connectivity index is 1.78. The molecule has 2 N–H and O–H groups in total. The van der Waals surface area contributed by atoms with Crippen LogP contribution in [0.5, 0.6) is 0 Å². The van der Waals surface area contributed by atoms with Gasteiger partial charge in [-0.1, -0.05) is 72.8 Å². The summed E-state index contributed by atoms with van der Waals surface area (Å²) >= 11 is 0. The molecular weight excluding hydrogens is 352 g/mol. The van der Waals surface area contributed by atoms with Crippen LogP contribution in [0.1, 0.15) is 43.0 Å². The number of hydrogen-bond donors (Lipinski definition) is 2. The van der Waals surface area contributed by atoms with Crippen molar-refractivity contribution < 1.29 is 19.8 Å². The number of rotatable bonds is 6. The number of carbonyl (C=O) groups is 2. The minimum atomic E-state index is -0.942. The molecule has 0 aliphatic carbocycles. The van der Waals surface area contributed by atoms with Crippen molar-refractivity contribution in [2.45, 2.75) is 0 Å². The largest absolute Gasteiger partial charge is 0.478 e. The van der Waals surface area contributed by atoms with Crippen LogP contribution in [0.2, 0.25) is 0 Å². The van der Waals surface area contributed by atoms with Crippen molar-refractivity contribution in [1.29, 1.82) is 0 Å². The summed E-state index contributed by atoms with van der Waals surface area (Å²) in [7, 11) is 0. The van der Waals surface area contributed by atoms with Crippen molar-refractivity contribution in [2.24, 2.45) is 0 Å². The van der Waals surface area contributed by atoms with Crippen LogP contribution in [0.25, 0.3) is 24.3 Å². The Morgan fingerprint density at radius 2 is 0.893 bits per heavy atom. The molecule has 0 aromatic heterocycles. The first-order valence-electron chi connectivity index (χ1n) is 8.65. The number of carboxylic acid groups (broad SMARTS) is 2. The quantitative estimate of drug-likeness (QED) is 0.568. The summed E-state index contributed by atoms with van der Waals surface area (Å²) in [4.78, 5) is 21.8. The van der Waals surface area contributed by atoms with E-state index in [-0.39, 0.29) is 11.1 Å². The normalized spacial score (nSPS) is 11.1. The minimum absolute atomic E-state index is 0.259. The molecule has 0 fully saturated rings. The van der Waals surface area contributed by atoms with E-state index in [2.05, 4.69) is 0 Å². The van der Waals surface area contributed by atoms with E-state index < -0.39 is 11.9 Å². The van der Waals surface area contributed by atoms with Gasteiger partial charge < -0.3 is 10.2 Å². The van der Waals surface area contributed by atoms with Crippen LogP contribution in [0.4, 0.5) is 0 Å². The molecule has 138 valence electrons. The molecule has 0 amide bonds. The summed E-state index contributed by atoms with van der Waals surface area (Å²) in [6, 6.07) is 21.3. The van der Waals surface area contributed by atoms with Crippen molar-refractivity contribution in [3.05, 3.63) is 106 Å². The molecule has 0 heterocycles. The van der Waals surface area contributed by atoms with Crippen LogP contribution >= 0.6 is 0 Å². The molecule has 28 heavy (non-hydrogen) atoms. The molecule has 0 atom stereocenters. The van der Waals surface area contributed by atoms with Crippen molar-refractivity contribution in [3.8, 4) is 0 Å². The van der Waals surface area contributed by atoms with Crippen LogP contribution in [0, 0.1) is 0 Å². The third-order valence-corrected chi connectivity index (χ3v) is 4.22. The van der Waals surface area contributed by atoms with E-state index in [1.54, 1.807) is 48.5 Å². The smallest absolute Gasteiger partial charge is 0.335 e. The Bertz CT molecular complexity index is 956. The number of benzene rings is 3. The lowest BCUT2D eigenvalue weighted by Crippen LogP contribution is -1.94. The molecule has 0 bridgehead atoms. The first-order chi connectivity index (χ1) is 13.5. The Labute approximate surface area is 162 Å². The highest BCUT2D eigenvalue weighted by atomic mass is 16.4. The zero-order valence-corrected chi connectivity index (χ0v) is 14.9. The average molecular weight is 370 g/mol. The second-order valence-electron chi connectivity index (χ2n) is 6.15. The molecule has 0 spiro atoms. The van der Waals surface area contributed by atoms with E-state index in [1.165, 1.54) is 0 Å². The zero-order chi connectivity index (χ0) is 19.9. The highest BCUT2D eigenvalue weighted by molar-refractivity contribution is 5.89. The number of aromatic carboxylic acids is 2. The molecule has 0 aliphatic heterocycles. The van der Waals surface area contributed by atoms with E-state index in [9.17, 15) is 9.59 Å². The van der Waals surface area contributed by atoms with E-state index >= 15 is 0 Å². The van der Waals surface area contributed by atoms with E-state index in [0.717, 1.165) is 22.3 Å². The number of carboxylic acids is 2. The van der Waals surface area contributed by atoms with Gasteiger partial charge in [-0.15, -0.1) is 0 Å². The molecule has 0 radical (unpaired) electrons. The van der Waals surface area contributed by atoms with Crippen LogP contribution in [0.3, 0.4) is 0 Å². The highest BCUT2D eigenvalue weighted by Crippen LogP contribution is 2.17. The Kier molecular flexibility index (Phi) is 5.82. The van der Waals surface area contributed by atoms with Gasteiger partial charge in [-0.3, -0.25) is 0 Å². The van der Waals surface area contributed by atoms with Gasteiger partial charge in [0.1, 0.15) is 0 Å². The Hall–Kier alpha value is -3.92. The molecular formula is C24H18O4. The Morgan fingerprint density at radius 1 is 0.536 bits per heavy atom. The molecule has 4 nitrogen and oxygen atoms in total. The first-order valence-corrected chi connectivity index (χ1v) is 8.65. The second kappa shape index (κ2) is 8.64. The van der Waals surface area contributed by atoms with Gasteiger partial charge in [0.05, 0.1) is 11.1 Å². The van der Waals surface area contributed by atoms with Gasteiger partial charge in [-0.25, -0.2) is 9.59 Å². The second-order valence-corrected chi connectivity index (χ2v) is 6.15. The molecule has 4 heteroatoms. The Morgan fingerprint density at radius 3 is 1.21 bits per heavy atom. The van der Waals surface area contributed by atoms with E-state index in [4.69, 9.17) is 10.2 Å². The monoisotopic (exact) mass is 370 g/mol.